The summed E-state index contributed by atoms with van der Waals surface area (Å²) >= 11 is 0. The number of fused-ring (bicyclic) bond motifs is 3. The Morgan fingerprint density at radius 1 is 1.03 bits per heavy atom. The van der Waals surface area contributed by atoms with Crippen molar-refractivity contribution in [1.29, 1.82) is 0 Å². The molecule has 0 saturated heterocycles. The molecule has 5 rings (SSSR count). The highest BCUT2D eigenvalue weighted by atomic mass is 16.5. The first-order chi connectivity index (χ1) is 17.6. The molecule has 0 N–H and O–H groups in total. The highest BCUT2D eigenvalue weighted by molar-refractivity contribution is 6.15. The van der Waals surface area contributed by atoms with Crippen LogP contribution in [-0.2, 0) is 13.0 Å². The van der Waals surface area contributed by atoms with E-state index in [1.165, 1.54) is 5.69 Å². The lowest BCUT2D eigenvalue weighted by molar-refractivity contribution is 0.0948. The fourth-order valence-electron chi connectivity index (χ4n) is 4.86. The molecule has 0 radical (unpaired) electrons. The summed E-state index contributed by atoms with van der Waals surface area (Å²) in [5.74, 6) is 2.54. The standard InChI is InChI=1S/C30H32N2O4/c1-4-32(5-2)23-12-10-21(11-13-23)18-28-29(33)24-14-15-27-25(30(24)36-28)19-31(20-35-27)17-16-22-8-6-7-9-26(22)34-3/h6-15,18H,4-5,16-17,19-20H2,1-3H3/b28-18-. The van der Waals surface area contributed by atoms with Crippen molar-refractivity contribution in [3.8, 4) is 17.2 Å². The summed E-state index contributed by atoms with van der Waals surface area (Å²) in [5.41, 5.74) is 4.78. The topological polar surface area (TPSA) is 51.2 Å². The van der Waals surface area contributed by atoms with Gasteiger partial charge in [0.05, 0.1) is 18.2 Å². The summed E-state index contributed by atoms with van der Waals surface area (Å²) < 4.78 is 17.7. The fraction of sp³-hybridized carbons (Fsp3) is 0.300. The lowest BCUT2D eigenvalue weighted by Crippen LogP contribution is -2.33. The van der Waals surface area contributed by atoms with Gasteiger partial charge in [0.15, 0.2) is 5.76 Å². The molecule has 6 nitrogen and oxygen atoms in total. The minimum Gasteiger partial charge on any atom is -0.496 e. The predicted octanol–water partition coefficient (Wildman–Crippen LogP) is 5.55. The van der Waals surface area contributed by atoms with E-state index >= 15 is 0 Å². The Hall–Kier alpha value is -3.77. The van der Waals surface area contributed by atoms with E-state index in [2.05, 4.69) is 41.8 Å². The largest absolute Gasteiger partial charge is 0.496 e. The van der Waals surface area contributed by atoms with E-state index in [0.717, 1.165) is 54.2 Å². The molecule has 0 saturated carbocycles. The van der Waals surface area contributed by atoms with Crippen molar-refractivity contribution in [1.82, 2.24) is 4.90 Å². The van der Waals surface area contributed by atoms with Crippen LogP contribution in [0.5, 0.6) is 17.2 Å². The second-order valence-corrected chi connectivity index (χ2v) is 9.01. The maximum absolute atomic E-state index is 13.1. The number of allylic oxidation sites excluding steroid dienone is 1. The van der Waals surface area contributed by atoms with Crippen LogP contribution < -0.4 is 19.1 Å². The third-order valence-corrected chi connectivity index (χ3v) is 6.89. The molecule has 2 aliphatic heterocycles. The highest BCUT2D eigenvalue weighted by Gasteiger charge is 2.33. The molecule has 186 valence electrons. The maximum Gasteiger partial charge on any atom is 0.231 e. The summed E-state index contributed by atoms with van der Waals surface area (Å²) in [6.45, 7) is 8.16. The predicted molar refractivity (Wildman–Crippen MR) is 142 cm³/mol. The van der Waals surface area contributed by atoms with Crippen molar-refractivity contribution in [3.05, 3.63) is 88.7 Å². The first kappa shape index (κ1) is 23.9. The molecule has 0 aliphatic carbocycles. The van der Waals surface area contributed by atoms with Gasteiger partial charge in [-0.05, 0) is 67.8 Å². The van der Waals surface area contributed by atoms with Crippen LogP contribution >= 0.6 is 0 Å². The lowest BCUT2D eigenvalue weighted by atomic mass is 10.0. The summed E-state index contributed by atoms with van der Waals surface area (Å²) in [5, 5.41) is 0. The van der Waals surface area contributed by atoms with Gasteiger partial charge in [-0.25, -0.2) is 0 Å². The number of benzene rings is 3. The van der Waals surface area contributed by atoms with Gasteiger partial charge in [-0.15, -0.1) is 0 Å². The molecular weight excluding hydrogens is 452 g/mol. The zero-order valence-electron chi connectivity index (χ0n) is 21.1. The molecule has 0 spiro atoms. The molecule has 2 heterocycles. The first-order valence-electron chi connectivity index (χ1n) is 12.5. The van der Waals surface area contributed by atoms with E-state index < -0.39 is 0 Å². The van der Waals surface area contributed by atoms with Crippen LogP contribution in [0.25, 0.3) is 6.08 Å². The fourth-order valence-corrected chi connectivity index (χ4v) is 4.86. The molecular formula is C30H32N2O4. The number of methoxy groups -OCH3 is 1. The van der Waals surface area contributed by atoms with Crippen LogP contribution in [0.2, 0.25) is 0 Å². The zero-order chi connectivity index (χ0) is 25.1. The van der Waals surface area contributed by atoms with Crippen molar-refractivity contribution in [2.75, 3.05) is 38.4 Å². The van der Waals surface area contributed by atoms with Gasteiger partial charge in [0, 0.05) is 31.9 Å². The number of rotatable bonds is 8. The van der Waals surface area contributed by atoms with Gasteiger partial charge in [0.2, 0.25) is 5.78 Å². The molecule has 0 fully saturated rings. The number of anilines is 1. The number of ketones is 1. The number of hydrogen-bond donors (Lipinski definition) is 0. The molecule has 0 atom stereocenters. The van der Waals surface area contributed by atoms with Crippen molar-refractivity contribution < 1.29 is 19.0 Å². The van der Waals surface area contributed by atoms with Crippen molar-refractivity contribution >= 4 is 17.5 Å². The molecule has 0 amide bonds. The van der Waals surface area contributed by atoms with Gasteiger partial charge < -0.3 is 19.1 Å². The Balaban J connectivity index is 1.32. The molecule has 0 unspecified atom stereocenters. The Morgan fingerprint density at radius 3 is 2.56 bits per heavy atom. The first-order valence-corrected chi connectivity index (χ1v) is 12.5. The van der Waals surface area contributed by atoms with Gasteiger partial charge in [0.25, 0.3) is 0 Å². The number of carbonyl (C=O) groups is 1. The van der Waals surface area contributed by atoms with E-state index in [1.807, 2.05) is 48.5 Å². The van der Waals surface area contributed by atoms with Crippen LogP contribution in [0.3, 0.4) is 0 Å². The summed E-state index contributed by atoms with van der Waals surface area (Å²) in [6.07, 6.45) is 2.66. The van der Waals surface area contributed by atoms with Crippen molar-refractivity contribution in [3.63, 3.8) is 0 Å². The number of ether oxygens (including phenoxy) is 3. The molecule has 36 heavy (non-hydrogen) atoms. The van der Waals surface area contributed by atoms with Crippen LogP contribution in [-0.4, -0.2) is 44.2 Å². The number of nitrogens with zero attached hydrogens (tertiary/aromatic N) is 2. The van der Waals surface area contributed by atoms with E-state index in [-0.39, 0.29) is 5.78 Å². The third-order valence-electron chi connectivity index (χ3n) is 6.89. The Kier molecular flexibility index (Phi) is 6.96. The summed E-state index contributed by atoms with van der Waals surface area (Å²) in [7, 11) is 1.70. The van der Waals surface area contributed by atoms with Gasteiger partial charge in [0.1, 0.15) is 24.0 Å². The number of para-hydroxylation sites is 1. The normalized spacial score (nSPS) is 15.8. The Morgan fingerprint density at radius 2 is 1.81 bits per heavy atom. The lowest BCUT2D eigenvalue weighted by Gasteiger charge is -2.29. The average molecular weight is 485 g/mol. The maximum atomic E-state index is 13.1. The highest BCUT2D eigenvalue weighted by Crippen LogP contribution is 2.42. The minimum absolute atomic E-state index is 0.0910. The second-order valence-electron chi connectivity index (χ2n) is 9.01. The van der Waals surface area contributed by atoms with Gasteiger partial charge in [-0.1, -0.05) is 30.3 Å². The van der Waals surface area contributed by atoms with Crippen LogP contribution in [0, 0.1) is 0 Å². The molecule has 0 bridgehead atoms. The van der Waals surface area contributed by atoms with E-state index in [4.69, 9.17) is 14.2 Å². The monoisotopic (exact) mass is 484 g/mol. The minimum atomic E-state index is -0.0910. The van der Waals surface area contributed by atoms with Gasteiger partial charge >= 0.3 is 0 Å². The molecule has 2 aliphatic rings. The van der Waals surface area contributed by atoms with E-state index in [9.17, 15) is 4.79 Å². The van der Waals surface area contributed by atoms with Gasteiger partial charge in [-0.2, -0.15) is 0 Å². The average Bonchev–Trinajstić information content (AvgIpc) is 3.24. The van der Waals surface area contributed by atoms with Gasteiger partial charge in [-0.3, -0.25) is 9.69 Å². The van der Waals surface area contributed by atoms with E-state index in [1.54, 1.807) is 7.11 Å². The van der Waals surface area contributed by atoms with Crippen LogP contribution in [0.1, 0.15) is 40.9 Å². The van der Waals surface area contributed by atoms with Crippen molar-refractivity contribution in [2.45, 2.75) is 26.8 Å². The number of carbonyl (C=O) groups excluding carboxylic acids is 1. The molecule has 3 aromatic rings. The van der Waals surface area contributed by atoms with E-state index in [0.29, 0.717) is 30.3 Å². The van der Waals surface area contributed by atoms with Crippen LogP contribution in [0.4, 0.5) is 5.69 Å². The van der Waals surface area contributed by atoms with Crippen LogP contribution in [0.15, 0.2) is 66.4 Å². The molecule has 3 aromatic carbocycles. The SMILES string of the molecule is CCN(CC)c1ccc(/C=C2\Oc3c(ccc4c3CN(CCc3ccccc3OC)CO4)C2=O)cc1. The molecule has 6 heteroatoms. The number of Topliss-reactive ketones (excluding diaryl/α,β-unsaturated/α-hetero) is 1. The summed E-state index contributed by atoms with van der Waals surface area (Å²) in [4.78, 5) is 17.7. The smallest absolute Gasteiger partial charge is 0.231 e. The second kappa shape index (κ2) is 10.5. The van der Waals surface area contributed by atoms with Crippen molar-refractivity contribution in [2.24, 2.45) is 0 Å². The molecule has 0 aromatic heterocycles. The third kappa shape index (κ3) is 4.69. The Bertz CT molecular complexity index is 1280. The zero-order valence-corrected chi connectivity index (χ0v) is 21.1. The number of hydrogen-bond acceptors (Lipinski definition) is 6. The quantitative estimate of drug-likeness (QED) is 0.391. The summed E-state index contributed by atoms with van der Waals surface area (Å²) in [6, 6.07) is 20.0. The Labute approximate surface area is 212 Å².